The van der Waals surface area contributed by atoms with Crippen LogP contribution in [0.15, 0.2) is 54.6 Å². The molecule has 2 aromatic carbocycles. The Bertz CT molecular complexity index is 915. The third-order valence-electron chi connectivity index (χ3n) is 3.97. The van der Waals surface area contributed by atoms with Crippen molar-refractivity contribution in [1.29, 1.82) is 0 Å². The Morgan fingerprint density at radius 2 is 1.88 bits per heavy atom. The van der Waals surface area contributed by atoms with Gasteiger partial charge in [-0.3, -0.25) is 19.8 Å². The number of nitrogens with zero attached hydrogens (tertiary/aromatic N) is 1. The van der Waals surface area contributed by atoms with Gasteiger partial charge in [0.15, 0.2) is 5.11 Å². The highest BCUT2D eigenvalue weighted by Gasteiger charge is 2.32. The molecule has 2 amide bonds. The van der Waals surface area contributed by atoms with Crippen molar-refractivity contribution in [2.75, 3.05) is 6.54 Å². The Morgan fingerprint density at radius 1 is 1.17 bits per heavy atom. The van der Waals surface area contributed by atoms with E-state index in [2.05, 4.69) is 11.9 Å². The van der Waals surface area contributed by atoms with E-state index < -0.39 is 11.8 Å². The standard InChI is InChI=1S/C19H16N2O2S/c1-3-10-21-18(23)16(17(22)20-19(21)24)11-13-9-8-12(2)14-6-4-5-7-15(13)14/h3-9,11H,1,10H2,2H3,(H,20,22,24). The van der Waals surface area contributed by atoms with E-state index in [4.69, 9.17) is 12.2 Å². The summed E-state index contributed by atoms with van der Waals surface area (Å²) >= 11 is 5.06. The van der Waals surface area contributed by atoms with E-state index in [1.807, 2.05) is 43.3 Å². The van der Waals surface area contributed by atoms with Gasteiger partial charge in [-0.05, 0) is 47.1 Å². The maximum Gasteiger partial charge on any atom is 0.265 e. The first-order valence-corrected chi connectivity index (χ1v) is 7.92. The lowest BCUT2D eigenvalue weighted by Gasteiger charge is -2.27. The average Bonchev–Trinajstić information content (AvgIpc) is 2.57. The molecule has 24 heavy (non-hydrogen) atoms. The lowest BCUT2D eigenvalue weighted by atomic mass is 9.98. The third kappa shape index (κ3) is 2.74. The summed E-state index contributed by atoms with van der Waals surface area (Å²) in [6.45, 7) is 5.90. The van der Waals surface area contributed by atoms with Crippen molar-refractivity contribution in [3.63, 3.8) is 0 Å². The van der Waals surface area contributed by atoms with Crippen molar-refractivity contribution in [3.8, 4) is 0 Å². The van der Waals surface area contributed by atoms with E-state index in [1.54, 1.807) is 12.2 Å². The molecular weight excluding hydrogens is 320 g/mol. The van der Waals surface area contributed by atoms with Gasteiger partial charge in [-0.2, -0.15) is 0 Å². The van der Waals surface area contributed by atoms with Crippen LogP contribution in [0.5, 0.6) is 0 Å². The Morgan fingerprint density at radius 3 is 2.58 bits per heavy atom. The molecule has 3 rings (SSSR count). The van der Waals surface area contributed by atoms with Crippen molar-refractivity contribution < 1.29 is 9.59 Å². The van der Waals surface area contributed by atoms with Crippen LogP contribution >= 0.6 is 12.2 Å². The molecule has 0 spiro atoms. The number of thiocarbonyl (C=S) groups is 1. The maximum atomic E-state index is 12.6. The molecule has 0 saturated carbocycles. The normalized spacial score (nSPS) is 16.6. The fraction of sp³-hybridized carbons (Fsp3) is 0.105. The number of hydrogen-bond donors (Lipinski definition) is 1. The predicted octanol–water partition coefficient (Wildman–Crippen LogP) is 2.96. The number of rotatable bonds is 3. The highest BCUT2D eigenvalue weighted by Crippen LogP contribution is 2.25. The zero-order valence-electron chi connectivity index (χ0n) is 13.2. The summed E-state index contributed by atoms with van der Waals surface area (Å²) in [4.78, 5) is 26.2. The fourth-order valence-corrected chi connectivity index (χ4v) is 2.99. The first-order chi connectivity index (χ1) is 11.5. The van der Waals surface area contributed by atoms with Crippen LogP contribution in [0, 0.1) is 6.92 Å². The molecule has 1 saturated heterocycles. The SMILES string of the molecule is C=CCN1C(=O)C(=Cc2ccc(C)c3ccccc23)C(=O)NC1=S. The number of hydrogen-bond acceptors (Lipinski definition) is 3. The van der Waals surface area contributed by atoms with Crippen LogP contribution in [0.3, 0.4) is 0 Å². The Labute approximate surface area is 145 Å². The molecule has 2 aromatic rings. The molecule has 0 bridgehead atoms. The summed E-state index contributed by atoms with van der Waals surface area (Å²) in [5.41, 5.74) is 2.03. The molecule has 0 radical (unpaired) electrons. The van der Waals surface area contributed by atoms with E-state index >= 15 is 0 Å². The second-order valence-electron chi connectivity index (χ2n) is 5.54. The fourth-order valence-electron chi connectivity index (χ4n) is 2.74. The second kappa shape index (κ2) is 6.37. The minimum Gasteiger partial charge on any atom is -0.298 e. The minimum absolute atomic E-state index is 0.0689. The Hall–Kier alpha value is -2.79. The molecule has 0 aromatic heterocycles. The van der Waals surface area contributed by atoms with Gasteiger partial charge in [0, 0.05) is 6.54 Å². The molecule has 4 nitrogen and oxygen atoms in total. The van der Waals surface area contributed by atoms with Crippen molar-refractivity contribution in [2.45, 2.75) is 6.92 Å². The van der Waals surface area contributed by atoms with E-state index in [0.29, 0.717) is 0 Å². The Kier molecular flexibility index (Phi) is 4.27. The highest BCUT2D eigenvalue weighted by molar-refractivity contribution is 7.80. The first-order valence-electron chi connectivity index (χ1n) is 7.51. The summed E-state index contributed by atoms with van der Waals surface area (Å²) in [6, 6.07) is 11.8. The molecular formula is C19H16N2O2S. The molecule has 5 heteroatoms. The zero-order valence-corrected chi connectivity index (χ0v) is 14.0. The monoisotopic (exact) mass is 336 g/mol. The van der Waals surface area contributed by atoms with E-state index in [0.717, 1.165) is 21.9 Å². The van der Waals surface area contributed by atoms with Crippen LogP contribution in [0.4, 0.5) is 0 Å². The molecule has 1 aliphatic heterocycles. The van der Waals surface area contributed by atoms with E-state index in [1.165, 1.54) is 4.90 Å². The van der Waals surface area contributed by atoms with Gasteiger partial charge in [-0.1, -0.05) is 42.5 Å². The summed E-state index contributed by atoms with van der Waals surface area (Å²) in [5, 5.41) is 4.75. The smallest absolute Gasteiger partial charge is 0.265 e. The molecule has 1 aliphatic rings. The lowest BCUT2D eigenvalue weighted by Crippen LogP contribution is -2.53. The van der Waals surface area contributed by atoms with Gasteiger partial charge >= 0.3 is 0 Å². The van der Waals surface area contributed by atoms with Crippen molar-refractivity contribution in [3.05, 3.63) is 65.8 Å². The quantitative estimate of drug-likeness (QED) is 0.406. The van der Waals surface area contributed by atoms with Gasteiger partial charge in [0.05, 0.1) is 0 Å². The number of amides is 2. The number of nitrogens with one attached hydrogen (secondary N) is 1. The van der Waals surface area contributed by atoms with Crippen LogP contribution < -0.4 is 5.32 Å². The average molecular weight is 336 g/mol. The zero-order chi connectivity index (χ0) is 17.3. The molecule has 0 atom stereocenters. The molecule has 1 fully saturated rings. The summed E-state index contributed by atoms with van der Waals surface area (Å²) < 4.78 is 0. The summed E-state index contributed by atoms with van der Waals surface area (Å²) in [7, 11) is 0. The number of aryl methyl sites for hydroxylation is 1. The van der Waals surface area contributed by atoms with Crippen LogP contribution in [0.25, 0.3) is 16.8 Å². The molecule has 0 unspecified atom stereocenters. The predicted molar refractivity (Wildman–Crippen MR) is 99.3 cm³/mol. The largest absolute Gasteiger partial charge is 0.298 e. The molecule has 120 valence electrons. The number of benzene rings is 2. The Balaban J connectivity index is 2.12. The van der Waals surface area contributed by atoms with Gasteiger partial charge in [0.25, 0.3) is 11.8 Å². The molecule has 0 aliphatic carbocycles. The van der Waals surface area contributed by atoms with Crippen LogP contribution in [-0.2, 0) is 9.59 Å². The lowest BCUT2D eigenvalue weighted by molar-refractivity contribution is -0.128. The summed E-state index contributed by atoms with van der Waals surface area (Å²) in [6.07, 6.45) is 3.19. The topological polar surface area (TPSA) is 49.4 Å². The summed E-state index contributed by atoms with van der Waals surface area (Å²) in [5.74, 6) is -0.886. The second-order valence-corrected chi connectivity index (χ2v) is 5.93. The van der Waals surface area contributed by atoms with Crippen molar-refractivity contribution >= 4 is 46.0 Å². The minimum atomic E-state index is -0.477. The third-order valence-corrected chi connectivity index (χ3v) is 4.30. The van der Waals surface area contributed by atoms with Gasteiger partial charge < -0.3 is 0 Å². The van der Waals surface area contributed by atoms with Crippen LogP contribution in [-0.4, -0.2) is 28.4 Å². The van der Waals surface area contributed by atoms with Gasteiger partial charge in [0.2, 0.25) is 0 Å². The van der Waals surface area contributed by atoms with Crippen molar-refractivity contribution in [2.24, 2.45) is 0 Å². The van der Waals surface area contributed by atoms with E-state index in [-0.39, 0.29) is 17.2 Å². The highest BCUT2D eigenvalue weighted by atomic mass is 32.1. The molecule has 1 N–H and O–H groups in total. The number of carbonyl (C=O) groups is 2. The number of carbonyl (C=O) groups excluding carboxylic acids is 2. The number of fused-ring (bicyclic) bond motifs is 1. The van der Waals surface area contributed by atoms with Crippen LogP contribution in [0.1, 0.15) is 11.1 Å². The first kappa shape index (κ1) is 16.1. The van der Waals surface area contributed by atoms with Gasteiger partial charge in [-0.15, -0.1) is 6.58 Å². The maximum absolute atomic E-state index is 12.6. The molecule has 1 heterocycles. The van der Waals surface area contributed by atoms with Gasteiger partial charge in [-0.25, -0.2) is 0 Å². The van der Waals surface area contributed by atoms with Gasteiger partial charge in [0.1, 0.15) is 5.57 Å². The van der Waals surface area contributed by atoms with Crippen LogP contribution in [0.2, 0.25) is 0 Å². The van der Waals surface area contributed by atoms with Crippen molar-refractivity contribution in [1.82, 2.24) is 10.2 Å². The van der Waals surface area contributed by atoms with E-state index in [9.17, 15) is 9.59 Å².